The van der Waals surface area contributed by atoms with E-state index in [1.54, 1.807) is 23.9 Å². The average molecular weight is 185 g/mol. The minimum atomic E-state index is -0.344. The van der Waals surface area contributed by atoms with Crippen LogP contribution in [0.1, 0.15) is 13.8 Å². The Morgan fingerprint density at radius 2 is 2.08 bits per heavy atom. The fourth-order valence-corrected chi connectivity index (χ4v) is 1.75. The van der Waals surface area contributed by atoms with Gasteiger partial charge >= 0.3 is 0 Å². The quantitative estimate of drug-likeness (QED) is 0.566. The number of halogens is 1. The SMILES string of the molecule is CC(C)Sc1ccc(F)c(N)c1. The summed E-state index contributed by atoms with van der Waals surface area (Å²) in [5.74, 6) is -0.344. The highest BCUT2D eigenvalue weighted by Crippen LogP contribution is 2.25. The molecule has 1 nitrogen and oxygen atoms in total. The number of hydrogen-bond acceptors (Lipinski definition) is 2. The molecule has 0 heterocycles. The molecule has 0 aromatic heterocycles. The van der Waals surface area contributed by atoms with Crippen LogP contribution >= 0.6 is 11.8 Å². The van der Waals surface area contributed by atoms with Gasteiger partial charge in [-0.3, -0.25) is 0 Å². The molecule has 1 aromatic rings. The van der Waals surface area contributed by atoms with Crippen LogP contribution in [0, 0.1) is 5.82 Å². The zero-order valence-electron chi connectivity index (χ0n) is 7.17. The standard InChI is InChI=1S/C9H12FNS/c1-6(2)12-7-3-4-8(10)9(11)5-7/h3-6H,11H2,1-2H3. The summed E-state index contributed by atoms with van der Waals surface area (Å²) in [4.78, 5) is 1.02. The molecule has 0 aliphatic rings. The van der Waals surface area contributed by atoms with E-state index in [-0.39, 0.29) is 11.5 Å². The molecule has 0 aliphatic heterocycles. The van der Waals surface area contributed by atoms with Crippen LogP contribution in [0.25, 0.3) is 0 Å². The lowest BCUT2D eigenvalue weighted by atomic mass is 10.3. The molecule has 0 amide bonds. The maximum absolute atomic E-state index is 12.7. The minimum absolute atomic E-state index is 0.223. The largest absolute Gasteiger partial charge is 0.396 e. The lowest BCUT2D eigenvalue weighted by molar-refractivity contribution is 0.631. The first-order valence-electron chi connectivity index (χ1n) is 3.81. The molecule has 12 heavy (non-hydrogen) atoms. The van der Waals surface area contributed by atoms with Crippen molar-refractivity contribution in [3.63, 3.8) is 0 Å². The number of nitrogens with two attached hydrogens (primary N) is 1. The molecule has 0 saturated heterocycles. The Bertz CT molecular complexity index is 273. The molecule has 0 spiro atoms. The maximum Gasteiger partial charge on any atom is 0.146 e. The normalized spacial score (nSPS) is 10.7. The van der Waals surface area contributed by atoms with E-state index in [1.807, 2.05) is 0 Å². The molecule has 1 aromatic carbocycles. The third-order valence-electron chi connectivity index (χ3n) is 1.34. The molecule has 0 saturated carbocycles. The van der Waals surface area contributed by atoms with E-state index in [9.17, 15) is 4.39 Å². The molecule has 2 N–H and O–H groups in total. The summed E-state index contributed by atoms with van der Waals surface area (Å²) in [6, 6.07) is 4.82. The van der Waals surface area contributed by atoms with Crippen LogP contribution in [0.15, 0.2) is 23.1 Å². The van der Waals surface area contributed by atoms with Crippen molar-refractivity contribution in [3.8, 4) is 0 Å². The van der Waals surface area contributed by atoms with E-state index in [0.717, 1.165) is 4.90 Å². The fraction of sp³-hybridized carbons (Fsp3) is 0.333. The second-order valence-corrected chi connectivity index (χ2v) is 4.50. The first-order valence-corrected chi connectivity index (χ1v) is 4.69. The van der Waals surface area contributed by atoms with Crippen molar-refractivity contribution in [3.05, 3.63) is 24.0 Å². The number of rotatable bonds is 2. The number of benzene rings is 1. The van der Waals surface area contributed by atoms with Crippen LogP contribution in [0.4, 0.5) is 10.1 Å². The van der Waals surface area contributed by atoms with Crippen LogP contribution in [0.5, 0.6) is 0 Å². The smallest absolute Gasteiger partial charge is 0.146 e. The van der Waals surface area contributed by atoms with Gasteiger partial charge in [-0.25, -0.2) is 4.39 Å². The van der Waals surface area contributed by atoms with Gasteiger partial charge in [-0.15, -0.1) is 11.8 Å². The van der Waals surface area contributed by atoms with Gasteiger partial charge in [0.2, 0.25) is 0 Å². The van der Waals surface area contributed by atoms with Crippen LogP contribution < -0.4 is 5.73 Å². The molecule has 0 radical (unpaired) electrons. The zero-order chi connectivity index (χ0) is 9.14. The lowest BCUT2D eigenvalue weighted by Crippen LogP contribution is -1.92. The van der Waals surface area contributed by atoms with E-state index in [4.69, 9.17) is 5.73 Å². The van der Waals surface area contributed by atoms with Crippen molar-refractivity contribution in [1.82, 2.24) is 0 Å². The lowest BCUT2D eigenvalue weighted by Gasteiger charge is -2.05. The second kappa shape index (κ2) is 3.81. The minimum Gasteiger partial charge on any atom is -0.396 e. The van der Waals surface area contributed by atoms with E-state index >= 15 is 0 Å². The molecule has 0 fully saturated rings. The van der Waals surface area contributed by atoms with Crippen LogP contribution in [-0.4, -0.2) is 5.25 Å². The van der Waals surface area contributed by atoms with Crippen molar-refractivity contribution in [2.24, 2.45) is 0 Å². The Kier molecular flexibility index (Phi) is 2.98. The average Bonchev–Trinajstić information content (AvgIpc) is 1.96. The molecule has 0 aliphatic carbocycles. The highest BCUT2D eigenvalue weighted by molar-refractivity contribution is 7.99. The summed E-state index contributed by atoms with van der Waals surface area (Å²) in [6.07, 6.45) is 0. The summed E-state index contributed by atoms with van der Waals surface area (Å²) in [6.45, 7) is 4.18. The number of hydrogen-bond donors (Lipinski definition) is 1. The van der Waals surface area contributed by atoms with Crippen molar-refractivity contribution < 1.29 is 4.39 Å². The van der Waals surface area contributed by atoms with Crippen LogP contribution in [0.3, 0.4) is 0 Å². The van der Waals surface area contributed by atoms with Gasteiger partial charge in [0, 0.05) is 10.1 Å². The first kappa shape index (κ1) is 9.39. The molecule has 0 atom stereocenters. The van der Waals surface area contributed by atoms with E-state index in [0.29, 0.717) is 5.25 Å². The summed E-state index contributed by atoms with van der Waals surface area (Å²) in [5.41, 5.74) is 5.63. The Balaban J connectivity index is 2.82. The molecular formula is C9H12FNS. The van der Waals surface area contributed by atoms with Crippen molar-refractivity contribution in [1.29, 1.82) is 0 Å². The van der Waals surface area contributed by atoms with Gasteiger partial charge in [0.15, 0.2) is 0 Å². The van der Waals surface area contributed by atoms with Gasteiger partial charge in [0.05, 0.1) is 5.69 Å². The third kappa shape index (κ3) is 2.41. The van der Waals surface area contributed by atoms with Crippen molar-refractivity contribution in [2.45, 2.75) is 24.0 Å². The Hall–Kier alpha value is -0.700. The van der Waals surface area contributed by atoms with Gasteiger partial charge in [-0.05, 0) is 18.2 Å². The Morgan fingerprint density at radius 3 is 2.58 bits per heavy atom. The topological polar surface area (TPSA) is 26.0 Å². The van der Waals surface area contributed by atoms with E-state index in [2.05, 4.69) is 13.8 Å². The Morgan fingerprint density at radius 1 is 1.42 bits per heavy atom. The summed E-state index contributed by atoms with van der Waals surface area (Å²) in [5, 5.41) is 0.495. The number of anilines is 1. The predicted octanol–water partition coefficient (Wildman–Crippen LogP) is 2.91. The van der Waals surface area contributed by atoms with E-state index in [1.165, 1.54) is 6.07 Å². The number of thioether (sulfide) groups is 1. The first-order chi connectivity index (χ1) is 5.59. The molecule has 66 valence electrons. The Labute approximate surface area is 76.2 Å². The van der Waals surface area contributed by atoms with Crippen molar-refractivity contribution >= 4 is 17.4 Å². The van der Waals surface area contributed by atoms with E-state index < -0.39 is 0 Å². The fourth-order valence-electron chi connectivity index (χ4n) is 0.867. The third-order valence-corrected chi connectivity index (χ3v) is 2.34. The predicted molar refractivity (Wildman–Crippen MR) is 51.8 cm³/mol. The summed E-state index contributed by atoms with van der Waals surface area (Å²) >= 11 is 1.67. The molecule has 0 bridgehead atoms. The maximum atomic E-state index is 12.7. The highest BCUT2D eigenvalue weighted by atomic mass is 32.2. The highest BCUT2D eigenvalue weighted by Gasteiger charge is 2.01. The van der Waals surface area contributed by atoms with Gasteiger partial charge in [0.1, 0.15) is 5.82 Å². The monoisotopic (exact) mass is 185 g/mol. The zero-order valence-corrected chi connectivity index (χ0v) is 7.99. The molecule has 3 heteroatoms. The molecule has 1 rings (SSSR count). The molecular weight excluding hydrogens is 173 g/mol. The number of nitrogen functional groups attached to an aromatic ring is 1. The van der Waals surface area contributed by atoms with Gasteiger partial charge in [0.25, 0.3) is 0 Å². The van der Waals surface area contributed by atoms with Gasteiger partial charge < -0.3 is 5.73 Å². The summed E-state index contributed by atoms with van der Waals surface area (Å²) in [7, 11) is 0. The van der Waals surface area contributed by atoms with Gasteiger partial charge in [-0.2, -0.15) is 0 Å². The van der Waals surface area contributed by atoms with Crippen LogP contribution in [0.2, 0.25) is 0 Å². The van der Waals surface area contributed by atoms with Gasteiger partial charge in [-0.1, -0.05) is 13.8 Å². The van der Waals surface area contributed by atoms with Crippen LogP contribution in [-0.2, 0) is 0 Å². The molecule has 0 unspecified atom stereocenters. The summed E-state index contributed by atoms with van der Waals surface area (Å²) < 4.78 is 12.7. The van der Waals surface area contributed by atoms with Crippen molar-refractivity contribution in [2.75, 3.05) is 5.73 Å². The second-order valence-electron chi connectivity index (χ2n) is 2.85.